The van der Waals surface area contributed by atoms with Crippen molar-refractivity contribution >= 4 is 0 Å². The van der Waals surface area contributed by atoms with Gasteiger partial charge in [0.2, 0.25) is 0 Å². The number of nitrogens with zero attached hydrogens (tertiary/aromatic N) is 1. The molecule has 0 saturated carbocycles. The third-order valence-electron chi connectivity index (χ3n) is 3.68. The Hall–Kier alpha value is -2.22. The molecule has 22 heavy (non-hydrogen) atoms. The van der Waals surface area contributed by atoms with Crippen LogP contribution in [0.2, 0.25) is 0 Å². The minimum absolute atomic E-state index is 0.0129. The van der Waals surface area contributed by atoms with Crippen LogP contribution in [0.3, 0.4) is 0 Å². The SMILES string of the molecule is CC(NCCc1ccc(CO)cc1)c1ccc(C#N)c(F)c1. The minimum atomic E-state index is -0.478. The maximum Gasteiger partial charge on any atom is 0.141 e. The van der Waals surface area contributed by atoms with Crippen molar-refractivity contribution in [1.29, 1.82) is 5.26 Å². The first-order valence-electron chi connectivity index (χ1n) is 7.25. The first-order chi connectivity index (χ1) is 10.6. The Morgan fingerprint density at radius 3 is 2.45 bits per heavy atom. The Bertz CT molecular complexity index is 662. The molecule has 2 N–H and O–H groups in total. The summed E-state index contributed by atoms with van der Waals surface area (Å²) in [6, 6.07) is 14.3. The van der Waals surface area contributed by atoms with Crippen molar-refractivity contribution in [3.63, 3.8) is 0 Å². The molecule has 2 aromatic rings. The Labute approximate surface area is 130 Å². The van der Waals surface area contributed by atoms with Crippen LogP contribution in [-0.4, -0.2) is 11.7 Å². The number of hydrogen-bond acceptors (Lipinski definition) is 3. The van der Waals surface area contributed by atoms with E-state index in [2.05, 4.69) is 5.32 Å². The summed E-state index contributed by atoms with van der Waals surface area (Å²) in [5.74, 6) is -0.478. The van der Waals surface area contributed by atoms with E-state index in [0.29, 0.717) is 0 Å². The summed E-state index contributed by atoms with van der Waals surface area (Å²) in [4.78, 5) is 0. The standard InChI is InChI=1S/C18H19FN2O/c1-13(16-6-7-17(11-20)18(19)10-16)21-9-8-14-2-4-15(12-22)5-3-14/h2-7,10,13,21-22H,8-9,12H2,1H3. The molecule has 4 heteroatoms. The number of nitriles is 1. The summed E-state index contributed by atoms with van der Waals surface area (Å²) in [5, 5.41) is 21.1. The van der Waals surface area contributed by atoms with Gasteiger partial charge in [-0.2, -0.15) is 5.26 Å². The Kier molecular flexibility index (Phi) is 5.65. The molecule has 0 aliphatic carbocycles. The van der Waals surface area contributed by atoms with Crippen molar-refractivity contribution in [2.24, 2.45) is 0 Å². The van der Waals surface area contributed by atoms with Crippen LogP contribution in [0.15, 0.2) is 42.5 Å². The second-order valence-electron chi connectivity index (χ2n) is 5.25. The molecule has 0 radical (unpaired) electrons. The molecular weight excluding hydrogens is 279 g/mol. The largest absolute Gasteiger partial charge is 0.392 e. The molecule has 0 aromatic heterocycles. The van der Waals surface area contributed by atoms with E-state index in [0.717, 1.165) is 24.1 Å². The fourth-order valence-electron chi connectivity index (χ4n) is 2.25. The van der Waals surface area contributed by atoms with E-state index in [9.17, 15) is 4.39 Å². The number of aliphatic hydroxyl groups is 1. The summed E-state index contributed by atoms with van der Waals surface area (Å²) in [6.07, 6.45) is 0.856. The molecule has 0 fully saturated rings. The molecule has 0 saturated heterocycles. The van der Waals surface area contributed by atoms with Crippen molar-refractivity contribution in [3.05, 3.63) is 70.5 Å². The third-order valence-corrected chi connectivity index (χ3v) is 3.68. The molecule has 0 amide bonds. The summed E-state index contributed by atoms with van der Waals surface area (Å²) in [5.41, 5.74) is 2.98. The van der Waals surface area contributed by atoms with Crippen molar-refractivity contribution in [2.45, 2.75) is 26.0 Å². The van der Waals surface area contributed by atoms with E-state index in [1.807, 2.05) is 37.3 Å². The number of halogens is 1. The zero-order valence-corrected chi connectivity index (χ0v) is 12.5. The third kappa shape index (κ3) is 4.14. The normalized spacial score (nSPS) is 11.9. The number of nitrogens with one attached hydrogen (secondary N) is 1. The summed E-state index contributed by atoms with van der Waals surface area (Å²) in [7, 11) is 0. The van der Waals surface area contributed by atoms with E-state index in [1.54, 1.807) is 6.07 Å². The quantitative estimate of drug-likeness (QED) is 0.861. The molecule has 0 bridgehead atoms. The van der Waals surface area contributed by atoms with E-state index in [4.69, 9.17) is 10.4 Å². The highest BCUT2D eigenvalue weighted by molar-refractivity contribution is 5.34. The molecular formula is C18H19FN2O. The Morgan fingerprint density at radius 1 is 1.18 bits per heavy atom. The van der Waals surface area contributed by atoms with Gasteiger partial charge in [0.25, 0.3) is 0 Å². The van der Waals surface area contributed by atoms with Crippen LogP contribution in [0.25, 0.3) is 0 Å². The average Bonchev–Trinajstić information content (AvgIpc) is 2.55. The van der Waals surface area contributed by atoms with Gasteiger partial charge in [0.1, 0.15) is 11.9 Å². The highest BCUT2D eigenvalue weighted by Crippen LogP contribution is 2.16. The molecule has 0 heterocycles. The second kappa shape index (κ2) is 7.69. The van der Waals surface area contributed by atoms with E-state index in [-0.39, 0.29) is 18.2 Å². The van der Waals surface area contributed by atoms with Gasteiger partial charge in [-0.25, -0.2) is 4.39 Å². The van der Waals surface area contributed by atoms with Crippen molar-refractivity contribution in [1.82, 2.24) is 5.32 Å². The molecule has 2 aromatic carbocycles. The lowest BCUT2D eigenvalue weighted by Gasteiger charge is -2.14. The maximum absolute atomic E-state index is 13.6. The lowest BCUT2D eigenvalue weighted by atomic mass is 10.1. The fraction of sp³-hybridized carbons (Fsp3) is 0.278. The molecule has 0 aliphatic heterocycles. The molecule has 3 nitrogen and oxygen atoms in total. The predicted molar refractivity (Wildman–Crippen MR) is 83.6 cm³/mol. The van der Waals surface area contributed by atoms with E-state index in [1.165, 1.54) is 17.7 Å². The van der Waals surface area contributed by atoms with Crippen molar-refractivity contribution in [3.8, 4) is 6.07 Å². The van der Waals surface area contributed by atoms with Gasteiger partial charge in [0.05, 0.1) is 12.2 Å². The Morgan fingerprint density at radius 2 is 1.86 bits per heavy atom. The maximum atomic E-state index is 13.6. The zero-order chi connectivity index (χ0) is 15.9. The van der Waals surface area contributed by atoms with Crippen LogP contribution >= 0.6 is 0 Å². The van der Waals surface area contributed by atoms with Gasteiger partial charge < -0.3 is 10.4 Å². The minimum Gasteiger partial charge on any atom is -0.392 e. The summed E-state index contributed by atoms with van der Waals surface area (Å²) < 4.78 is 13.6. The van der Waals surface area contributed by atoms with Crippen LogP contribution < -0.4 is 5.32 Å². The highest BCUT2D eigenvalue weighted by atomic mass is 19.1. The van der Waals surface area contributed by atoms with Gasteiger partial charge in [0, 0.05) is 6.04 Å². The molecule has 0 spiro atoms. The van der Waals surface area contributed by atoms with Gasteiger partial charge in [-0.05, 0) is 48.7 Å². The van der Waals surface area contributed by atoms with Crippen molar-refractivity contribution < 1.29 is 9.50 Å². The second-order valence-corrected chi connectivity index (χ2v) is 5.25. The first kappa shape index (κ1) is 16.2. The number of rotatable bonds is 6. The number of hydrogen-bond donors (Lipinski definition) is 2. The lowest BCUT2D eigenvalue weighted by Crippen LogP contribution is -2.21. The smallest absolute Gasteiger partial charge is 0.141 e. The van der Waals surface area contributed by atoms with Crippen LogP contribution in [0.1, 0.15) is 35.2 Å². The Balaban J connectivity index is 1.88. The predicted octanol–water partition coefficient (Wildman–Crippen LogP) is 3.08. The van der Waals surface area contributed by atoms with Crippen molar-refractivity contribution in [2.75, 3.05) is 6.54 Å². The van der Waals surface area contributed by atoms with Crippen LogP contribution in [-0.2, 0) is 13.0 Å². The monoisotopic (exact) mass is 298 g/mol. The molecule has 1 atom stereocenters. The summed E-state index contributed by atoms with van der Waals surface area (Å²) >= 11 is 0. The zero-order valence-electron chi connectivity index (χ0n) is 12.5. The first-order valence-corrected chi connectivity index (χ1v) is 7.25. The van der Waals surface area contributed by atoms with Crippen LogP contribution in [0.4, 0.5) is 4.39 Å². The summed E-state index contributed by atoms with van der Waals surface area (Å²) in [6.45, 7) is 2.79. The van der Waals surface area contributed by atoms with Crippen LogP contribution in [0, 0.1) is 17.1 Å². The molecule has 114 valence electrons. The lowest BCUT2D eigenvalue weighted by molar-refractivity contribution is 0.282. The van der Waals surface area contributed by atoms with Crippen LogP contribution in [0.5, 0.6) is 0 Å². The van der Waals surface area contributed by atoms with Gasteiger partial charge in [-0.1, -0.05) is 30.3 Å². The van der Waals surface area contributed by atoms with Gasteiger partial charge in [-0.15, -0.1) is 0 Å². The molecule has 2 rings (SSSR count). The average molecular weight is 298 g/mol. The number of aliphatic hydroxyl groups excluding tert-OH is 1. The van der Waals surface area contributed by atoms with Gasteiger partial charge in [-0.3, -0.25) is 0 Å². The van der Waals surface area contributed by atoms with E-state index >= 15 is 0 Å². The van der Waals surface area contributed by atoms with Gasteiger partial charge >= 0.3 is 0 Å². The molecule has 0 aliphatic rings. The fourth-order valence-corrected chi connectivity index (χ4v) is 2.25. The van der Waals surface area contributed by atoms with E-state index < -0.39 is 5.82 Å². The topological polar surface area (TPSA) is 56.0 Å². The molecule has 1 unspecified atom stereocenters. The highest BCUT2D eigenvalue weighted by Gasteiger charge is 2.08. The van der Waals surface area contributed by atoms with Gasteiger partial charge in [0.15, 0.2) is 0 Å². The number of benzene rings is 2.